The van der Waals surface area contributed by atoms with Gasteiger partial charge in [0, 0.05) is 18.0 Å². The van der Waals surface area contributed by atoms with Crippen molar-refractivity contribution in [2.75, 3.05) is 11.4 Å². The molecule has 2 heterocycles. The first-order valence-corrected chi connectivity index (χ1v) is 6.48. The summed E-state index contributed by atoms with van der Waals surface area (Å²) in [5.74, 6) is 0. The fourth-order valence-electron chi connectivity index (χ4n) is 2.10. The summed E-state index contributed by atoms with van der Waals surface area (Å²) in [6.07, 6.45) is 2.89. The molecule has 1 N–H and O–H groups in total. The lowest BCUT2D eigenvalue weighted by Gasteiger charge is -2.24. The molecule has 84 valence electrons. The topological polar surface area (TPSA) is 36.4 Å². The number of anilines is 1. The second-order valence-corrected chi connectivity index (χ2v) is 5.25. The molecule has 0 aromatic carbocycles. The van der Waals surface area contributed by atoms with Crippen molar-refractivity contribution in [3.05, 3.63) is 10.5 Å². The van der Waals surface area contributed by atoms with E-state index in [2.05, 4.69) is 9.88 Å². The van der Waals surface area contributed by atoms with Crippen LogP contribution in [-0.4, -0.2) is 28.8 Å². The monoisotopic (exact) mass is 246 g/mol. The van der Waals surface area contributed by atoms with Crippen molar-refractivity contribution in [2.45, 2.75) is 38.3 Å². The summed E-state index contributed by atoms with van der Waals surface area (Å²) in [6, 6.07) is 0.423. The summed E-state index contributed by atoms with van der Waals surface area (Å²) >= 11 is 7.39. The fourth-order valence-corrected chi connectivity index (χ4v) is 3.15. The number of aromatic nitrogens is 1. The highest BCUT2D eigenvalue weighted by Gasteiger charge is 2.27. The summed E-state index contributed by atoms with van der Waals surface area (Å²) in [7, 11) is 0. The number of aliphatic hydroxyl groups excluding tert-OH is 1. The lowest BCUT2D eigenvalue weighted by Crippen LogP contribution is -2.31. The molecule has 2 rings (SSSR count). The van der Waals surface area contributed by atoms with Gasteiger partial charge in [-0.25, -0.2) is 4.98 Å². The Morgan fingerprint density at radius 1 is 1.80 bits per heavy atom. The first-order chi connectivity index (χ1) is 7.16. The Kier molecular flexibility index (Phi) is 3.49. The fraction of sp³-hybridized carbons (Fsp3) is 0.700. The minimum Gasteiger partial charge on any atom is -0.393 e. The number of rotatable bonds is 3. The SMILES string of the molecule is CC(O)CC1CCCN1c1nc(Cl)cs1. The summed E-state index contributed by atoms with van der Waals surface area (Å²) in [6.45, 7) is 2.87. The number of hydrogen-bond acceptors (Lipinski definition) is 4. The number of halogens is 1. The molecule has 0 bridgehead atoms. The Morgan fingerprint density at radius 2 is 2.60 bits per heavy atom. The molecule has 2 atom stereocenters. The summed E-state index contributed by atoms with van der Waals surface area (Å²) in [4.78, 5) is 6.55. The van der Waals surface area contributed by atoms with E-state index in [1.807, 2.05) is 12.3 Å². The van der Waals surface area contributed by atoms with Gasteiger partial charge in [-0.2, -0.15) is 0 Å². The molecule has 0 amide bonds. The highest BCUT2D eigenvalue weighted by molar-refractivity contribution is 7.14. The first kappa shape index (κ1) is 11.2. The summed E-state index contributed by atoms with van der Waals surface area (Å²) in [5, 5.41) is 12.8. The maximum atomic E-state index is 9.41. The average Bonchev–Trinajstić information content (AvgIpc) is 2.72. The van der Waals surface area contributed by atoms with Crippen molar-refractivity contribution in [3.8, 4) is 0 Å². The van der Waals surface area contributed by atoms with Gasteiger partial charge in [0.05, 0.1) is 6.10 Å². The van der Waals surface area contributed by atoms with Crippen LogP contribution in [0.25, 0.3) is 0 Å². The van der Waals surface area contributed by atoms with Gasteiger partial charge in [0.15, 0.2) is 5.13 Å². The molecule has 0 radical (unpaired) electrons. The van der Waals surface area contributed by atoms with Crippen molar-refractivity contribution in [1.29, 1.82) is 0 Å². The minimum atomic E-state index is -0.244. The van der Waals surface area contributed by atoms with E-state index in [1.165, 1.54) is 6.42 Å². The second-order valence-electron chi connectivity index (χ2n) is 4.03. The smallest absolute Gasteiger partial charge is 0.186 e. The third-order valence-electron chi connectivity index (χ3n) is 2.70. The van der Waals surface area contributed by atoms with E-state index in [-0.39, 0.29) is 6.10 Å². The molecule has 0 spiro atoms. The minimum absolute atomic E-state index is 0.244. The Balaban J connectivity index is 2.07. The lowest BCUT2D eigenvalue weighted by molar-refractivity contribution is 0.175. The molecule has 1 saturated heterocycles. The highest BCUT2D eigenvalue weighted by Crippen LogP contribution is 2.31. The van der Waals surface area contributed by atoms with Crippen LogP contribution in [0.2, 0.25) is 5.15 Å². The van der Waals surface area contributed by atoms with Gasteiger partial charge in [0.2, 0.25) is 0 Å². The van der Waals surface area contributed by atoms with Crippen LogP contribution < -0.4 is 4.90 Å². The lowest BCUT2D eigenvalue weighted by atomic mass is 10.1. The molecule has 0 saturated carbocycles. The molecule has 1 aromatic heterocycles. The van der Waals surface area contributed by atoms with Crippen molar-refractivity contribution >= 4 is 28.1 Å². The average molecular weight is 247 g/mol. The van der Waals surface area contributed by atoms with Crippen LogP contribution in [0.15, 0.2) is 5.38 Å². The maximum Gasteiger partial charge on any atom is 0.186 e. The van der Waals surface area contributed by atoms with Crippen LogP contribution in [0, 0.1) is 0 Å². The molecule has 3 nitrogen and oxygen atoms in total. The molecule has 0 aliphatic carbocycles. The normalized spacial score (nSPS) is 23.4. The van der Waals surface area contributed by atoms with Crippen LogP contribution in [0.5, 0.6) is 0 Å². The number of hydrogen-bond donors (Lipinski definition) is 1. The zero-order valence-corrected chi connectivity index (χ0v) is 10.3. The van der Waals surface area contributed by atoms with Crippen LogP contribution in [0.3, 0.4) is 0 Å². The van der Waals surface area contributed by atoms with E-state index in [0.29, 0.717) is 11.2 Å². The maximum absolute atomic E-state index is 9.41. The first-order valence-electron chi connectivity index (χ1n) is 5.22. The zero-order valence-electron chi connectivity index (χ0n) is 8.69. The number of nitrogens with zero attached hydrogens (tertiary/aromatic N) is 2. The number of thiazole rings is 1. The van der Waals surface area contributed by atoms with Gasteiger partial charge in [0.1, 0.15) is 5.15 Å². The number of aliphatic hydroxyl groups is 1. The zero-order chi connectivity index (χ0) is 10.8. The quantitative estimate of drug-likeness (QED) is 0.891. The molecule has 2 unspecified atom stereocenters. The molecule has 15 heavy (non-hydrogen) atoms. The van der Waals surface area contributed by atoms with Gasteiger partial charge in [-0.1, -0.05) is 11.6 Å². The van der Waals surface area contributed by atoms with E-state index in [4.69, 9.17) is 11.6 Å². The van der Waals surface area contributed by atoms with E-state index >= 15 is 0 Å². The largest absolute Gasteiger partial charge is 0.393 e. The van der Waals surface area contributed by atoms with Crippen molar-refractivity contribution < 1.29 is 5.11 Å². The van der Waals surface area contributed by atoms with Gasteiger partial charge in [-0.3, -0.25) is 0 Å². The van der Waals surface area contributed by atoms with Gasteiger partial charge in [-0.15, -0.1) is 11.3 Å². The van der Waals surface area contributed by atoms with E-state index in [9.17, 15) is 5.11 Å². The second kappa shape index (κ2) is 4.68. The molecular weight excluding hydrogens is 232 g/mol. The van der Waals surface area contributed by atoms with Crippen LogP contribution >= 0.6 is 22.9 Å². The Bertz CT molecular complexity index is 329. The third kappa shape index (κ3) is 2.62. The van der Waals surface area contributed by atoms with Crippen molar-refractivity contribution in [2.24, 2.45) is 0 Å². The molecule has 1 aliphatic heterocycles. The third-order valence-corrected chi connectivity index (χ3v) is 3.90. The van der Waals surface area contributed by atoms with E-state index in [0.717, 1.165) is 24.5 Å². The Hall–Kier alpha value is -0.320. The van der Waals surface area contributed by atoms with E-state index in [1.54, 1.807) is 11.3 Å². The predicted molar refractivity (Wildman–Crippen MR) is 63.8 cm³/mol. The molecule has 1 fully saturated rings. The van der Waals surface area contributed by atoms with Crippen LogP contribution in [0.1, 0.15) is 26.2 Å². The van der Waals surface area contributed by atoms with Crippen molar-refractivity contribution in [3.63, 3.8) is 0 Å². The summed E-state index contributed by atoms with van der Waals surface area (Å²) in [5.41, 5.74) is 0. The Labute approximate surface area is 98.7 Å². The predicted octanol–water partition coefficient (Wildman–Crippen LogP) is 2.54. The van der Waals surface area contributed by atoms with Gasteiger partial charge in [-0.05, 0) is 26.2 Å². The Morgan fingerprint density at radius 3 is 3.20 bits per heavy atom. The highest BCUT2D eigenvalue weighted by atomic mass is 35.5. The van der Waals surface area contributed by atoms with Gasteiger partial charge < -0.3 is 10.0 Å². The van der Waals surface area contributed by atoms with Gasteiger partial charge >= 0.3 is 0 Å². The van der Waals surface area contributed by atoms with Gasteiger partial charge in [0.25, 0.3) is 0 Å². The molecule has 1 aromatic rings. The summed E-state index contributed by atoms with van der Waals surface area (Å²) < 4.78 is 0. The van der Waals surface area contributed by atoms with Crippen LogP contribution in [0.4, 0.5) is 5.13 Å². The molecule has 1 aliphatic rings. The van der Waals surface area contributed by atoms with E-state index < -0.39 is 0 Å². The molecular formula is C10H15ClN2OS. The molecule has 5 heteroatoms. The standard InChI is InChI=1S/C10H15ClN2OS/c1-7(14)5-8-3-2-4-13(8)10-12-9(11)6-15-10/h6-8,14H,2-5H2,1H3. The van der Waals surface area contributed by atoms with Crippen molar-refractivity contribution in [1.82, 2.24) is 4.98 Å². The van der Waals surface area contributed by atoms with Crippen LogP contribution in [-0.2, 0) is 0 Å².